The van der Waals surface area contributed by atoms with Gasteiger partial charge in [0.2, 0.25) is 0 Å². The van der Waals surface area contributed by atoms with Crippen LogP contribution >= 0.6 is 23.2 Å². The van der Waals surface area contributed by atoms with Crippen LogP contribution in [0.2, 0.25) is 10.0 Å². The molecular formula is C15H15Cl2N3O. The number of benzene rings is 1. The molecule has 2 heterocycles. The van der Waals surface area contributed by atoms with Crippen molar-refractivity contribution in [3.63, 3.8) is 0 Å². The van der Waals surface area contributed by atoms with Gasteiger partial charge in [-0.15, -0.1) is 0 Å². The molecule has 0 fully saturated rings. The first-order chi connectivity index (χ1) is 9.97. The number of halogens is 2. The monoisotopic (exact) mass is 323 g/mol. The maximum absolute atomic E-state index is 12.7. The molecule has 1 aromatic carbocycles. The van der Waals surface area contributed by atoms with Crippen molar-refractivity contribution >= 4 is 29.1 Å². The molecule has 110 valence electrons. The molecule has 0 saturated carbocycles. The van der Waals surface area contributed by atoms with Crippen LogP contribution in [0.15, 0.2) is 18.2 Å². The molecule has 0 bridgehead atoms. The zero-order valence-corrected chi connectivity index (χ0v) is 13.4. The van der Waals surface area contributed by atoms with Crippen LogP contribution in [-0.2, 0) is 20.0 Å². The van der Waals surface area contributed by atoms with Crippen LogP contribution in [0.1, 0.15) is 27.3 Å². The Bertz CT molecular complexity index is 724. The Morgan fingerprint density at radius 2 is 2.10 bits per heavy atom. The van der Waals surface area contributed by atoms with Crippen LogP contribution in [0.3, 0.4) is 0 Å². The van der Waals surface area contributed by atoms with E-state index in [4.69, 9.17) is 23.2 Å². The Kier molecular flexibility index (Phi) is 3.68. The van der Waals surface area contributed by atoms with Crippen molar-refractivity contribution in [2.24, 2.45) is 7.05 Å². The smallest absolute Gasteiger partial charge is 0.255 e. The Balaban J connectivity index is 1.90. The Morgan fingerprint density at radius 3 is 2.86 bits per heavy atom. The molecule has 6 heteroatoms. The molecule has 0 N–H and O–H groups in total. The summed E-state index contributed by atoms with van der Waals surface area (Å²) in [5.74, 6) is -0.0907. The van der Waals surface area contributed by atoms with Crippen molar-refractivity contribution in [2.45, 2.75) is 19.9 Å². The first-order valence-corrected chi connectivity index (χ1v) is 7.48. The molecule has 0 saturated heterocycles. The van der Waals surface area contributed by atoms with Crippen LogP contribution < -0.4 is 0 Å². The summed E-state index contributed by atoms with van der Waals surface area (Å²) in [7, 11) is 1.91. The Hall–Kier alpha value is -1.52. The van der Waals surface area contributed by atoms with Gasteiger partial charge in [0.05, 0.1) is 28.5 Å². The number of rotatable bonds is 1. The molecule has 1 aromatic heterocycles. The summed E-state index contributed by atoms with van der Waals surface area (Å²) in [6.45, 7) is 3.22. The summed E-state index contributed by atoms with van der Waals surface area (Å²) in [5, 5.41) is 5.36. The second-order valence-electron chi connectivity index (χ2n) is 5.24. The van der Waals surface area contributed by atoms with Gasteiger partial charge in [-0.25, -0.2) is 0 Å². The lowest BCUT2D eigenvalue weighted by atomic mass is 10.0. The highest BCUT2D eigenvalue weighted by Crippen LogP contribution is 2.26. The van der Waals surface area contributed by atoms with Gasteiger partial charge >= 0.3 is 0 Å². The number of carbonyl (C=O) groups excluding carboxylic acids is 1. The number of fused-ring (bicyclic) bond motifs is 1. The van der Waals surface area contributed by atoms with E-state index in [2.05, 4.69) is 5.10 Å². The van der Waals surface area contributed by atoms with Crippen molar-refractivity contribution in [3.05, 3.63) is 50.8 Å². The van der Waals surface area contributed by atoms with Crippen LogP contribution in [0, 0.1) is 6.92 Å². The summed E-state index contributed by atoms with van der Waals surface area (Å²) in [6, 6.07) is 4.95. The van der Waals surface area contributed by atoms with Crippen LogP contribution in [0.4, 0.5) is 0 Å². The fraction of sp³-hybridized carbons (Fsp3) is 0.333. The largest absolute Gasteiger partial charge is 0.332 e. The highest BCUT2D eigenvalue weighted by atomic mass is 35.5. The molecule has 1 amide bonds. The lowest BCUT2D eigenvalue weighted by Gasteiger charge is -2.28. The molecule has 0 aliphatic carbocycles. The zero-order valence-electron chi connectivity index (χ0n) is 11.9. The maximum atomic E-state index is 12.7. The Labute approximate surface area is 133 Å². The SMILES string of the molecule is Cc1nn(C)c2c1CCN(C(=O)c1cc(Cl)ccc1Cl)C2. The second-order valence-corrected chi connectivity index (χ2v) is 6.08. The van der Waals surface area contributed by atoms with E-state index in [0.29, 0.717) is 28.7 Å². The van der Waals surface area contributed by atoms with E-state index in [9.17, 15) is 4.79 Å². The van der Waals surface area contributed by atoms with Gasteiger partial charge in [-0.3, -0.25) is 9.48 Å². The van der Waals surface area contributed by atoms with Gasteiger partial charge in [0.15, 0.2) is 0 Å². The molecule has 1 aliphatic heterocycles. The van der Waals surface area contributed by atoms with Gasteiger partial charge in [0.25, 0.3) is 5.91 Å². The summed E-state index contributed by atoms with van der Waals surface area (Å²) >= 11 is 12.1. The summed E-state index contributed by atoms with van der Waals surface area (Å²) in [5.41, 5.74) is 3.83. The topological polar surface area (TPSA) is 38.1 Å². The standard InChI is InChI=1S/C15H15Cl2N3O/c1-9-11-5-6-20(8-14(11)19(2)18-9)15(21)12-7-10(16)3-4-13(12)17/h3-4,7H,5-6,8H2,1-2H3. The lowest BCUT2D eigenvalue weighted by molar-refractivity contribution is 0.0730. The van der Waals surface area contributed by atoms with Crippen molar-refractivity contribution in [1.29, 1.82) is 0 Å². The number of hydrogen-bond donors (Lipinski definition) is 0. The highest BCUT2D eigenvalue weighted by Gasteiger charge is 2.27. The molecule has 0 spiro atoms. The average Bonchev–Trinajstić information content (AvgIpc) is 2.75. The maximum Gasteiger partial charge on any atom is 0.255 e. The zero-order chi connectivity index (χ0) is 15.1. The normalized spacial score (nSPS) is 14.2. The molecule has 0 atom stereocenters. The van der Waals surface area contributed by atoms with Crippen LogP contribution in [0.5, 0.6) is 0 Å². The van der Waals surface area contributed by atoms with E-state index in [-0.39, 0.29) is 5.91 Å². The first-order valence-electron chi connectivity index (χ1n) is 6.73. The van der Waals surface area contributed by atoms with E-state index in [1.807, 2.05) is 18.7 Å². The third-order valence-corrected chi connectivity index (χ3v) is 4.46. The van der Waals surface area contributed by atoms with Gasteiger partial charge in [-0.2, -0.15) is 5.10 Å². The van der Waals surface area contributed by atoms with Crippen molar-refractivity contribution in [3.8, 4) is 0 Å². The quantitative estimate of drug-likeness (QED) is 0.808. The van der Waals surface area contributed by atoms with Crippen LogP contribution in [-0.4, -0.2) is 27.1 Å². The summed E-state index contributed by atoms with van der Waals surface area (Å²) in [4.78, 5) is 14.4. The van der Waals surface area contributed by atoms with E-state index >= 15 is 0 Å². The number of carbonyl (C=O) groups is 1. The molecule has 1 aliphatic rings. The van der Waals surface area contributed by atoms with Crippen LogP contribution in [0.25, 0.3) is 0 Å². The fourth-order valence-corrected chi connectivity index (χ4v) is 3.15. The van der Waals surface area contributed by atoms with Crippen molar-refractivity contribution in [1.82, 2.24) is 14.7 Å². The molecular weight excluding hydrogens is 309 g/mol. The first kappa shape index (κ1) is 14.4. The van der Waals surface area contributed by atoms with Gasteiger partial charge in [-0.05, 0) is 37.1 Å². The van der Waals surface area contributed by atoms with E-state index in [1.165, 1.54) is 5.56 Å². The van der Waals surface area contributed by atoms with E-state index < -0.39 is 0 Å². The second kappa shape index (κ2) is 5.35. The number of amides is 1. The third-order valence-electron chi connectivity index (χ3n) is 3.89. The Morgan fingerprint density at radius 1 is 1.33 bits per heavy atom. The molecule has 2 aromatic rings. The van der Waals surface area contributed by atoms with Gasteiger partial charge < -0.3 is 4.90 Å². The highest BCUT2D eigenvalue weighted by molar-refractivity contribution is 6.35. The predicted octanol–water partition coefficient (Wildman–Crippen LogP) is 3.23. The average molecular weight is 324 g/mol. The van der Waals surface area contributed by atoms with Crippen molar-refractivity contribution < 1.29 is 4.79 Å². The molecule has 0 radical (unpaired) electrons. The minimum absolute atomic E-state index is 0.0907. The number of aryl methyl sites for hydroxylation is 2. The summed E-state index contributed by atoms with van der Waals surface area (Å²) in [6.07, 6.45) is 0.818. The molecule has 4 nitrogen and oxygen atoms in total. The third kappa shape index (κ3) is 2.54. The number of aromatic nitrogens is 2. The minimum Gasteiger partial charge on any atom is -0.332 e. The van der Waals surface area contributed by atoms with Crippen molar-refractivity contribution in [2.75, 3.05) is 6.54 Å². The van der Waals surface area contributed by atoms with Gasteiger partial charge in [0.1, 0.15) is 0 Å². The van der Waals surface area contributed by atoms with E-state index in [1.54, 1.807) is 23.1 Å². The molecule has 0 unspecified atom stereocenters. The van der Waals surface area contributed by atoms with Gasteiger partial charge in [-0.1, -0.05) is 23.2 Å². The summed E-state index contributed by atoms with van der Waals surface area (Å²) < 4.78 is 1.85. The number of hydrogen-bond acceptors (Lipinski definition) is 2. The minimum atomic E-state index is -0.0907. The van der Waals surface area contributed by atoms with E-state index in [0.717, 1.165) is 17.8 Å². The lowest BCUT2D eigenvalue weighted by Crippen LogP contribution is -2.36. The molecule has 3 rings (SSSR count). The predicted molar refractivity (Wildman–Crippen MR) is 82.9 cm³/mol. The number of nitrogens with zero attached hydrogens (tertiary/aromatic N) is 3. The fourth-order valence-electron chi connectivity index (χ4n) is 2.78. The van der Waals surface area contributed by atoms with Gasteiger partial charge in [0, 0.05) is 18.6 Å². The molecule has 21 heavy (non-hydrogen) atoms.